The molecule has 2 rings (SSSR count). The molecule has 0 aliphatic heterocycles. The van der Waals surface area contributed by atoms with E-state index in [9.17, 15) is 0 Å². The molecule has 2 N–H and O–H groups in total. The van der Waals surface area contributed by atoms with Crippen molar-refractivity contribution in [2.45, 2.75) is 13.5 Å². The number of rotatable bonds is 4. The van der Waals surface area contributed by atoms with Crippen LogP contribution in [-0.2, 0) is 6.54 Å². The van der Waals surface area contributed by atoms with Crippen molar-refractivity contribution in [1.29, 1.82) is 0 Å². The van der Waals surface area contributed by atoms with Crippen LogP contribution in [0.2, 0.25) is 10.0 Å². The highest BCUT2D eigenvalue weighted by atomic mass is 35.5. The van der Waals surface area contributed by atoms with Gasteiger partial charge < -0.3 is 10.6 Å². The Labute approximate surface area is 121 Å². The van der Waals surface area contributed by atoms with Crippen LogP contribution in [0.15, 0.2) is 29.6 Å². The predicted octanol–water partition coefficient (Wildman–Crippen LogP) is 4.66. The Morgan fingerprint density at radius 2 is 2.00 bits per heavy atom. The fourth-order valence-electron chi connectivity index (χ4n) is 1.78. The summed E-state index contributed by atoms with van der Waals surface area (Å²) in [5, 5.41) is 3.09. The number of nitrogen functional groups attached to an aromatic ring is 1. The van der Waals surface area contributed by atoms with Gasteiger partial charge in [-0.1, -0.05) is 29.3 Å². The zero-order chi connectivity index (χ0) is 13.1. The largest absolute Gasteiger partial charge is 0.397 e. The van der Waals surface area contributed by atoms with Crippen LogP contribution in [0.1, 0.15) is 11.8 Å². The van der Waals surface area contributed by atoms with E-state index < -0.39 is 0 Å². The highest BCUT2D eigenvalue weighted by Gasteiger charge is 2.12. The lowest BCUT2D eigenvalue weighted by Gasteiger charge is -2.24. The van der Waals surface area contributed by atoms with Gasteiger partial charge in [-0.25, -0.2) is 0 Å². The van der Waals surface area contributed by atoms with Gasteiger partial charge in [-0.2, -0.15) is 0 Å². The van der Waals surface area contributed by atoms with E-state index in [1.165, 1.54) is 4.88 Å². The Morgan fingerprint density at radius 1 is 1.28 bits per heavy atom. The molecule has 2 nitrogen and oxygen atoms in total. The van der Waals surface area contributed by atoms with E-state index in [4.69, 9.17) is 28.9 Å². The molecule has 1 aromatic heterocycles. The zero-order valence-corrected chi connectivity index (χ0v) is 12.3. The van der Waals surface area contributed by atoms with Crippen molar-refractivity contribution in [2.75, 3.05) is 17.2 Å². The number of anilines is 2. The van der Waals surface area contributed by atoms with Crippen molar-refractivity contribution in [3.8, 4) is 0 Å². The van der Waals surface area contributed by atoms with E-state index in [-0.39, 0.29) is 0 Å². The van der Waals surface area contributed by atoms with Crippen molar-refractivity contribution in [2.24, 2.45) is 0 Å². The van der Waals surface area contributed by atoms with E-state index in [0.717, 1.165) is 18.8 Å². The van der Waals surface area contributed by atoms with Gasteiger partial charge in [-0.15, -0.1) is 11.3 Å². The molecule has 96 valence electrons. The Morgan fingerprint density at radius 3 is 2.61 bits per heavy atom. The van der Waals surface area contributed by atoms with Crippen molar-refractivity contribution in [3.63, 3.8) is 0 Å². The molecule has 0 fully saturated rings. The van der Waals surface area contributed by atoms with Gasteiger partial charge in [0.05, 0.1) is 28.0 Å². The van der Waals surface area contributed by atoms with Crippen LogP contribution in [0.25, 0.3) is 0 Å². The Balaban J connectivity index is 2.30. The number of benzene rings is 1. The molecule has 0 unspecified atom stereocenters. The predicted molar refractivity (Wildman–Crippen MR) is 81.9 cm³/mol. The summed E-state index contributed by atoms with van der Waals surface area (Å²) in [7, 11) is 0. The molecular weight excluding hydrogens is 287 g/mol. The Kier molecular flexibility index (Phi) is 4.38. The molecule has 0 amide bonds. The minimum atomic E-state index is 0.491. The number of nitrogens with zero attached hydrogens (tertiary/aromatic N) is 1. The van der Waals surface area contributed by atoms with Crippen molar-refractivity contribution >= 4 is 45.9 Å². The maximum atomic E-state index is 6.06. The van der Waals surface area contributed by atoms with Crippen molar-refractivity contribution in [1.82, 2.24) is 0 Å². The van der Waals surface area contributed by atoms with Crippen LogP contribution in [0.3, 0.4) is 0 Å². The van der Waals surface area contributed by atoms with Crippen LogP contribution in [0, 0.1) is 0 Å². The maximum absolute atomic E-state index is 6.06. The smallest absolute Gasteiger partial charge is 0.0619 e. The standard InChI is InChI=1S/C13H14Cl2N2S/c1-2-17(8-9-4-3-5-18-9)13-7-11(15)10(14)6-12(13)16/h3-7H,2,8,16H2,1H3. The molecular formula is C13H14Cl2N2S. The van der Waals surface area contributed by atoms with Gasteiger partial charge in [-0.05, 0) is 30.5 Å². The first-order valence-corrected chi connectivity index (χ1v) is 7.27. The summed E-state index contributed by atoms with van der Waals surface area (Å²) >= 11 is 13.7. The molecule has 0 aliphatic rings. The molecule has 0 radical (unpaired) electrons. The first-order chi connectivity index (χ1) is 8.61. The molecule has 0 atom stereocenters. The third-order valence-corrected chi connectivity index (χ3v) is 4.30. The van der Waals surface area contributed by atoms with E-state index >= 15 is 0 Å². The van der Waals surface area contributed by atoms with Crippen LogP contribution >= 0.6 is 34.5 Å². The van der Waals surface area contributed by atoms with E-state index in [1.807, 2.05) is 12.1 Å². The van der Waals surface area contributed by atoms with Crippen LogP contribution in [0.4, 0.5) is 11.4 Å². The van der Waals surface area contributed by atoms with Gasteiger partial charge in [0.1, 0.15) is 0 Å². The molecule has 5 heteroatoms. The molecule has 1 heterocycles. The van der Waals surface area contributed by atoms with Crippen LogP contribution in [-0.4, -0.2) is 6.54 Å². The summed E-state index contributed by atoms with van der Waals surface area (Å²) in [4.78, 5) is 3.48. The summed E-state index contributed by atoms with van der Waals surface area (Å²) in [6.07, 6.45) is 0. The lowest BCUT2D eigenvalue weighted by atomic mass is 10.2. The minimum Gasteiger partial charge on any atom is -0.397 e. The molecule has 0 spiro atoms. The van der Waals surface area contributed by atoms with Gasteiger partial charge >= 0.3 is 0 Å². The molecule has 0 saturated heterocycles. The summed E-state index contributed by atoms with van der Waals surface area (Å²) in [5.41, 5.74) is 7.60. The molecule has 0 bridgehead atoms. The average molecular weight is 301 g/mol. The molecule has 0 saturated carbocycles. The highest BCUT2D eigenvalue weighted by molar-refractivity contribution is 7.09. The lowest BCUT2D eigenvalue weighted by Crippen LogP contribution is -2.22. The number of hydrogen-bond acceptors (Lipinski definition) is 3. The quantitative estimate of drug-likeness (QED) is 0.832. The average Bonchev–Trinajstić information content (AvgIpc) is 2.84. The first kappa shape index (κ1) is 13.5. The minimum absolute atomic E-state index is 0.491. The second kappa shape index (κ2) is 5.83. The van der Waals surface area contributed by atoms with Gasteiger partial charge in [0, 0.05) is 11.4 Å². The number of thiophene rings is 1. The normalized spacial score (nSPS) is 10.6. The number of hydrogen-bond donors (Lipinski definition) is 1. The van der Waals surface area contributed by atoms with Crippen LogP contribution < -0.4 is 10.6 Å². The molecule has 2 aromatic rings. The van der Waals surface area contributed by atoms with Crippen LogP contribution in [0.5, 0.6) is 0 Å². The maximum Gasteiger partial charge on any atom is 0.0619 e. The van der Waals surface area contributed by atoms with Crippen molar-refractivity contribution < 1.29 is 0 Å². The van der Waals surface area contributed by atoms with E-state index in [2.05, 4.69) is 23.3 Å². The van der Waals surface area contributed by atoms with Crippen molar-refractivity contribution in [3.05, 3.63) is 44.6 Å². The second-order valence-corrected chi connectivity index (χ2v) is 5.77. The summed E-state index contributed by atoms with van der Waals surface area (Å²) < 4.78 is 0. The van der Waals surface area contributed by atoms with E-state index in [1.54, 1.807) is 17.4 Å². The topological polar surface area (TPSA) is 29.3 Å². The third-order valence-electron chi connectivity index (χ3n) is 2.72. The Hall–Kier alpha value is -0.900. The monoisotopic (exact) mass is 300 g/mol. The fraction of sp³-hybridized carbons (Fsp3) is 0.231. The Bertz CT molecular complexity index is 526. The van der Waals surface area contributed by atoms with Gasteiger partial charge in [0.25, 0.3) is 0 Å². The van der Waals surface area contributed by atoms with E-state index in [0.29, 0.717) is 15.7 Å². The number of nitrogens with two attached hydrogens (primary N) is 1. The fourth-order valence-corrected chi connectivity index (χ4v) is 2.83. The van der Waals surface area contributed by atoms with Gasteiger partial charge in [0.2, 0.25) is 0 Å². The molecule has 0 aliphatic carbocycles. The number of halogens is 2. The summed E-state index contributed by atoms with van der Waals surface area (Å²) in [5.74, 6) is 0. The molecule has 1 aromatic carbocycles. The van der Waals surface area contributed by atoms with Gasteiger partial charge in [0.15, 0.2) is 0 Å². The first-order valence-electron chi connectivity index (χ1n) is 5.63. The lowest BCUT2D eigenvalue weighted by molar-refractivity contribution is 0.844. The zero-order valence-electron chi connectivity index (χ0n) is 9.99. The highest BCUT2D eigenvalue weighted by Crippen LogP contribution is 2.34. The SMILES string of the molecule is CCN(Cc1cccs1)c1cc(Cl)c(Cl)cc1N. The molecule has 18 heavy (non-hydrogen) atoms. The second-order valence-electron chi connectivity index (χ2n) is 3.92. The third kappa shape index (κ3) is 2.91. The summed E-state index contributed by atoms with van der Waals surface area (Å²) in [6, 6.07) is 7.69. The van der Waals surface area contributed by atoms with Gasteiger partial charge in [-0.3, -0.25) is 0 Å². The summed E-state index contributed by atoms with van der Waals surface area (Å²) in [6.45, 7) is 3.78.